The van der Waals surface area contributed by atoms with Gasteiger partial charge in [-0.15, -0.1) is 11.3 Å². The number of hydrogen-bond acceptors (Lipinski definition) is 9. The van der Waals surface area contributed by atoms with Crippen LogP contribution in [0.4, 0.5) is 0 Å². The van der Waals surface area contributed by atoms with E-state index in [9.17, 15) is 24.3 Å². The molecule has 3 heterocycles. The summed E-state index contributed by atoms with van der Waals surface area (Å²) in [6.07, 6.45) is 1.11. The predicted molar refractivity (Wildman–Crippen MR) is 177 cm³/mol. The molecule has 46 heavy (non-hydrogen) atoms. The number of piperidine rings is 1. The summed E-state index contributed by atoms with van der Waals surface area (Å²) in [6.45, 7) is 13.3. The summed E-state index contributed by atoms with van der Waals surface area (Å²) >= 11 is 1.58. The van der Waals surface area contributed by atoms with Gasteiger partial charge in [0, 0.05) is 19.4 Å². The summed E-state index contributed by atoms with van der Waals surface area (Å²) in [5.41, 5.74) is 4.15. The van der Waals surface area contributed by atoms with Gasteiger partial charge in [-0.3, -0.25) is 24.1 Å². The molecule has 3 N–H and O–H groups in total. The minimum atomic E-state index is -0.871. The molecule has 0 saturated carbocycles. The molecule has 2 saturated heterocycles. The predicted octanol–water partition coefficient (Wildman–Crippen LogP) is 3.45. The van der Waals surface area contributed by atoms with Gasteiger partial charge >= 0.3 is 5.97 Å². The number of aromatic nitrogens is 1. The van der Waals surface area contributed by atoms with E-state index in [0.717, 1.165) is 34.5 Å². The second-order valence-electron chi connectivity index (χ2n) is 13.6. The maximum atomic E-state index is 14.0. The fourth-order valence-electron chi connectivity index (χ4n) is 6.24. The van der Waals surface area contributed by atoms with Crippen LogP contribution in [0.25, 0.3) is 10.4 Å². The maximum absolute atomic E-state index is 14.0. The van der Waals surface area contributed by atoms with E-state index >= 15 is 0 Å². The van der Waals surface area contributed by atoms with E-state index in [-0.39, 0.29) is 61.6 Å². The summed E-state index contributed by atoms with van der Waals surface area (Å²) in [6, 6.07) is 5.93. The Hall–Kier alpha value is -3.35. The van der Waals surface area contributed by atoms with Crippen LogP contribution in [-0.2, 0) is 23.9 Å². The van der Waals surface area contributed by atoms with Crippen molar-refractivity contribution < 1.29 is 29.0 Å². The molecule has 12 heteroatoms. The third kappa shape index (κ3) is 9.13. The molecule has 1 aromatic carbocycles. The van der Waals surface area contributed by atoms with E-state index in [4.69, 9.17) is 4.74 Å². The number of thiazole rings is 1. The van der Waals surface area contributed by atoms with Gasteiger partial charge in [-0.1, -0.05) is 45.0 Å². The monoisotopic (exact) mass is 655 g/mol. The van der Waals surface area contributed by atoms with Crippen LogP contribution in [-0.4, -0.2) is 94.6 Å². The van der Waals surface area contributed by atoms with Crippen LogP contribution in [0.2, 0.25) is 0 Å². The molecule has 4 rings (SSSR count). The molecule has 2 aliphatic heterocycles. The van der Waals surface area contributed by atoms with Gasteiger partial charge in [0.2, 0.25) is 17.7 Å². The lowest BCUT2D eigenvalue weighted by Crippen LogP contribution is -2.58. The van der Waals surface area contributed by atoms with Gasteiger partial charge in [0.1, 0.15) is 12.1 Å². The van der Waals surface area contributed by atoms with Crippen molar-refractivity contribution in [3.05, 3.63) is 41.0 Å². The van der Waals surface area contributed by atoms with Crippen LogP contribution in [0.1, 0.15) is 77.6 Å². The summed E-state index contributed by atoms with van der Waals surface area (Å²) in [7, 11) is 0. The van der Waals surface area contributed by atoms with Crippen molar-refractivity contribution in [2.24, 2.45) is 11.3 Å². The molecule has 3 amide bonds. The molecule has 2 aromatic rings. The number of rotatable bonds is 11. The Morgan fingerprint density at radius 2 is 1.78 bits per heavy atom. The van der Waals surface area contributed by atoms with Gasteiger partial charge in [-0.2, -0.15) is 0 Å². The van der Waals surface area contributed by atoms with Gasteiger partial charge in [0.05, 0.1) is 41.4 Å². The molecule has 2 fully saturated rings. The van der Waals surface area contributed by atoms with Crippen LogP contribution >= 0.6 is 11.3 Å². The fraction of sp³-hybridized carbons (Fsp3) is 0.618. The standard InChI is InChI=1S/C34H49N5O6S/c1-7-45-29(42)19-38-14-12-23(13-15-38)16-28(41)37-31(34(4,5)6)33(44)39-18-26(40)17-27(39)32(43)36-21(2)24-8-10-25(11-9-24)30-22(3)35-20-46-30/h8-11,20-21,23,26-27,31,40H,7,12-19H2,1-6H3,(H,36,43)(H,37,41)/t21-,26+,27-,31+/m0/s1. The molecule has 11 nitrogen and oxygen atoms in total. The van der Waals surface area contributed by atoms with Crippen molar-refractivity contribution in [3.8, 4) is 10.4 Å². The number of amides is 3. The third-order valence-electron chi connectivity index (χ3n) is 8.90. The Balaban J connectivity index is 1.35. The first-order valence-electron chi connectivity index (χ1n) is 16.2. The summed E-state index contributed by atoms with van der Waals surface area (Å²) < 4.78 is 5.04. The number of aryl methyl sites for hydroxylation is 1. The van der Waals surface area contributed by atoms with Gasteiger partial charge in [-0.25, -0.2) is 4.98 Å². The summed E-state index contributed by atoms with van der Waals surface area (Å²) in [5, 5.41) is 16.6. The molecular weight excluding hydrogens is 606 g/mol. The lowest BCUT2D eigenvalue weighted by molar-refractivity contribution is -0.145. The zero-order valence-electron chi connectivity index (χ0n) is 27.9. The topological polar surface area (TPSA) is 141 Å². The third-order valence-corrected chi connectivity index (χ3v) is 9.88. The summed E-state index contributed by atoms with van der Waals surface area (Å²) in [5.74, 6) is -1.03. The lowest BCUT2D eigenvalue weighted by Gasteiger charge is -2.36. The van der Waals surface area contributed by atoms with Crippen molar-refractivity contribution in [2.75, 3.05) is 32.8 Å². The molecule has 252 valence electrons. The van der Waals surface area contributed by atoms with E-state index in [2.05, 4.69) is 15.6 Å². The number of likely N-dealkylation sites (tertiary alicyclic amines) is 2. The molecule has 0 aliphatic carbocycles. The quantitative estimate of drug-likeness (QED) is 0.313. The molecule has 0 bridgehead atoms. The number of nitrogens with one attached hydrogen (secondary N) is 2. The van der Waals surface area contributed by atoms with Crippen molar-refractivity contribution in [3.63, 3.8) is 0 Å². The average molecular weight is 656 g/mol. The largest absolute Gasteiger partial charge is 0.465 e. The second-order valence-corrected chi connectivity index (χ2v) is 14.5. The summed E-state index contributed by atoms with van der Waals surface area (Å²) in [4.78, 5) is 61.4. The smallest absolute Gasteiger partial charge is 0.320 e. The Bertz CT molecular complexity index is 1360. The highest BCUT2D eigenvalue weighted by Crippen LogP contribution is 2.30. The van der Waals surface area contributed by atoms with Crippen LogP contribution in [0.15, 0.2) is 29.8 Å². The van der Waals surface area contributed by atoms with Crippen LogP contribution in [0, 0.1) is 18.3 Å². The van der Waals surface area contributed by atoms with E-state index in [1.807, 2.05) is 69.3 Å². The number of nitrogens with zero attached hydrogens (tertiary/aromatic N) is 3. The van der Waals surface area contributed by atoms with E-state index in [1.54, 1.807) is 18.3 Å². The molecule has 1 aromatic heterocycles. The highest BCUT2D eigenvalue weighted by Gasteiger charge is 2.44. The number of benzene rings is 1. The van der Waals surface area contributed by atoms with Crippen LogP contribution in [0.3, 0.4) is 0 Å². The van der Waals surface area contributed by atoms with E-state index < -0.39 is 23.6 Å². The number of ether oxygens (including phenoxy) is 1. The Morgan fingerprint density at radius 3 is 2.37 bits per heavy atom. The zero-order chi connectivity index (χ0) is 33.6. The molecular formula is C34H49N5O6S. The highest BCUT2D eigenvalue weighted by atomic mass is 32.1. The van der Waals surface area contributed by atoms with Crippen molar-refractivity contribution >= 4 is 35.0 Å². The second kappa shape index (κ2) is 15.5. The SMILES string of the molecule is CCOC(=O)CN1CCC(CC(=O)N[C@H](C(=O)N2C[C@H](O)C[C@H]2C(=O)N[C@@H](C)c2ccc(-c3scnc3C)cc2)C(C)(C)C)CC1. The van der Waals surface area contributed by atoms with Gasteiger partial charge in [-0.05, 0) is 69.2 Å². The van der Waals surface area contributed by atoms with Gasteiger partial charge in [0.25, 0.3) is 0 Å². The van der Waals surface area contributed by atoms with Crippen molar-refractivity contribution in [1.82, 2.24) is 25.4 Å². The number of esters is 1. The van der Waals surface area contributed by atoms with Crippen molar-refractivity contribution in [1.29, 1.82) is 0 Å². The van der Waals surface area contributed by atoms with Gasteiger partial charge < -0.3 is 25.4 Å². The molecule has 0 spiro atoms. The van der Waals surface area contributed by atoms with Crippen LogP contribution in [0.5, 0.6) is 0 Å². The molecule has 4 atom stereocenters. The first-order valence-corrected chi connectivity index (χ1v) is 17.1. The number of aliphatic hydroxyl groups is 1. The minimum absolute atomic E-state index is 0.0234. The number of hydrogen-bond donors (Lipinski definition) is 3. The first-order chi connectivity index (χ1) is 21.8. The highest BCUT2D eigenvalue weighted by molar-refractivity contribution is 7.13. The normalized spacial score (nSPS) is 20.6. The molecule has 0 unspecified atom stereocenters. The number of carbonyl (C=O) groups excluding carboxylic acids is 4. The molecule has 0 radical (unpaired) electrons. The number of carbonyl (C=O) groups is 4. The minimum Gasteiger partial charge on any atom is -0.465 e. The maximum Gasteiger partial charge on any atom is 0.320 e. The molecule has 2 aliphatic rings. The Morgan fingerprint density at radius 1 is 1.11 bits per heavy atom. The van der Waals surface area contributed by atoms with E-state index in [0.29, 0.717) is 19.7 Å². The van der Waals surface area contributed by atoms with Crippen LogP contribution < -0.4 is 10.6 Å². The Kier molecular flexibility index (Phi) is 12.0. The number of β-amino-alcohol motifs (C(OH)–C–C–N with tert-alkyl or cyclic N) is 1. The van der Waals surface area contributed by atoms with Crippen molar-refractivity contribution in [2.45, 2.75) is 91.5 Å². The van der Waals surface area contributed by atoms with Gasteiger partial charge in [0.15, 0.2) is 0 Å². The number of aliphatic hydroxyl groups excluding tert-OH is 1. The average Bonchev–Trinajstić information content (AvgIpc) is 3.61. The first kappa shape index (κ1) is 35.5. The van der Waals surface area contributed by atoms with E-state index in [1.165, 1.54) is 4.90 Å². The lowest BCUT2D eigenvalue weighted by atomic mass is 9.85. The zero-order valence-corrected chi connectivity index (χ0v) is 28.7. The Labute approximate surface area is 276 Å². The fourth-order valence-corrected chi connectivity index (χ4v) is 7.05.